The molecule has 0 bridgehead atoms. The first-order chi connectivity index (χ1) is 13.5. The van der Waals surface area contributed by atoms with Crippen molar-refractivity contribution in [2.45, 2.75) is 6.92 Å². The molecule has 1 aromatic heterocycles. The Morgan fingerprint density at radius 1 is 1.00 bits per heavy atom. The van der Waals surface area contributed by atoms with E-state index in [4.69, 9.17) is 11.6 Å². The number of aryl methyl sites for hydroxylation is 1. The Bertz CT molecular complexity index is 1000. The van der Waals surface area contributed by atoms with Crippen LogP contribution in [0.2, 0.25) is 5.02 Å². The molecule has 0 aliphatic carbocycles. The van der Waals surface area contributed by atoms with Crippen LogP contribution >= 0.6 is 11.6 Å². The predicted octanol–water partition coefficient (Wildman–Crippen LogP) is 4.83. The maximum Gasteiger partial charge on any atom is 0.337 e. The molecule has 0 aliphatic heterocycles. The van der Waals surface area contributed by atoms with Crippen LogP contribution in [0, 0.1) is 6.92 Å². The van der Waals surface area contributed by atoms with Gasteiger partial charge in [-0.05, 0) is 61.0 Å². The van der Waals surface area contributed by atoms with E-state index in [2.05, 4.69) is 20.4 Å². The topological polar surface area (TPSA) is 80.3 Å². The number of amides is 1. The number of nitrogens with zero attached hydrogens (tertiary/aromatic N) is 1. The molecule has 1 amide bonds. The zero-order valence-electron chi connectivity index (χ0n) is 15.3. The second kappa shape index (κ2) is 8.54. The number of rotatable bonds is 5. The number of halogens is 1. The fourth-order valence-corrected chi connectivity index (χ4v) is 2.65. The summed E-state index contributed by atoms with van der Waals surface area (Å²) in [6, 6.07) is 15.4. The summed E-state index contributed by atoms with van der Waals surface area (Å²) >= 11 is 6.02. The molecule has 0 unspecified atom stereocenters. The van der Waals surface area contributed by atoms with E-state index >= 15 is 0 Å². The van der Waals surface area contributed by atoms with Crippen LogP contribution in [-0.4, -0.2) is 24.0 Å². The number of hydrogen-bond donors (Lipinski definition) is 2. The van der Waals surface area contributed by atoms with Gasteiger partial charge >= 0.3 is 5.97 Å². The van der Waals surface area contributed by atoms with Gasteiger partial charge in [-0.3, -0.25) is 4.79 Å². The monoisotopic (exact) mass is 395 g/mol. The standard InChI is InChI=1S/C21H18ClN3O3/c1-13-3-7-16(22)11-18(13)25-19-10-6-15(12-23-19)20(26)24-17-8-4-14(5-9-17)21(27)28-2/h3-12H,1-2H3,(H,23,25)(H,24,26). The Morgan fingerprint density at radius 3 is 2.36 bits per heavy atom. The maximum absolute atomic E-state index is 12.4. The third-order valence-electron chi connectivity index (χ3n) is 4.05. The van der Waals surface area contributed by atoms with E-state index in [1.165, 1.54) is 13.3 Å². The van der Waals surface area contributed by atoms with Crippen molar-refractivity contribution in [1.82, 2.24) is 4.98 Å². The zero-order valence-corrected chi connectivity index (χ0v) is 16.1. The lowest BCUT2D eigenvalue weighted by Crippen LogP contribution is -2.12. The van der Waals surface area contributed by atoms with E-state index in [0.717, 1.165) is 11.3 Å². The number of benzene rings is 2. The zero-order chi connectivity index (χ0) is 20.1. The fraction of sp³-hybridized carbons (Fsp3) is 0.0952. The Morgan fingerprint density at radius 2 is 1.71 bits per heavy atom. The van der Waals surface area contributed by atoms with Gasteiger partial charge in [0, 0.05) is 22.6 Å². The van der Waals surface area contributed by atoms with Crippen molar-refractivity contribution in [3.05, 3.63) is 82.5 Å². The average Bonchev–Trinajstić information content (AvgIpc) is 2.71. The predicted molar refractivity (Wildman–Crippen MR) is 109 cm³/mol. The van der Waals surface area contributed by atoms with Crippen molar-refractivity contribution < 1.29 is 14.3 Å². The second-order valence-electron chi connectivity index (χ2n) is 6.04. The Hall–Kier alpha value is -3.38. The number of aromatic nitrogens is 1. The highest BCUT2D eigenvalue weighted by Crippen LogP contribution is 2.23. The van der Waals surface area contributed by atoms with Crippen LogP contribution in [0.15, 0.2) is 60.8 Å². The van der Waals surface area contributed by atoms with Crippen molar-refractivity contribution in [2.24, 2.45) is 0 Å². The summed E-state index contributed by atoms with van der Waals surface area (Å²) in [7, 11) is 1.32. The van der Waals surface area contributed by atoms with Crippen LogP contribution in [0.3, 0.4) is 0 Å². The fourth-order valence-electron chi connectivity index (χ4n) is 2.48. The Kier molecular flexibility index (Phi) is 5.91. The Balaban J connectivity index is 1.66. The number of pyridine rings is 1. The molecule has 142 valence electrons. The van der Waals surface area contributed by atoms with Gasteiger partial charge in [-0.1, -0.05) is 17.7 Å². The molecule has 0 radical (unpaired) electrons. The quantitative estimate of drug-likeness (QED) is 0.605. The van der Waals surface area contributed by atoms with Gasteiger partial charge in [-0.25, -0.2) is 9.78 Å². The minimum Gasteiger partial charge on any atom is -0.465 e. The summed E-state index contributed by atoms with van der Waals surface area (Å²) in [5.74, 6) is -0.131. The lowest BCUT2D eigenvalue weighted by atomic mass is 10.2. The highest BCUT2D eigenvalue weighted by Gasteiger charge is 2.09. The largest absolute Gasteiger partial charge is 0.465 e. The molecule has 6 nitrogen and oxygen atoms in total. The molecule has 0 fully saturated rings. The van der Waals surface area contributed by atoms with E-state index in [0.29, 0.717) is 27.7 Å². The van der Waals surface area contributed by atoms with Crippen LogP contribution in [0.4, 0.5) is 17.2 Å². The lowest BCUT2D eigenvalue weighted by molar-refractivity contribution is 0.0600. The van der Waals surface area contributed by atoms with Crippen molar-refractivity contribution in [3.63, 3.8) is 0 Å². The number of carbonyl (C=O) groups excluding carboxylic acids is 2. The first-order valence-electron chi connectivity index (χ1n) is 8.45. The van der Waals surface area contributed by atoms with Crippen molar-refractivity contribution in [2.75, 3.05) is 17.7 Å². The summed E-state index contributed by atoms with van der Waals surface area (Å²) in [6.45, 7) is 1.96. The first kappa shape index (κ1) is 19.4. The maximum atomic E-state index is 12.4. The summed E-state index contributed by atoms with van der Waals surface area (Å²) in [5, 5.41) is 6.57. The molecule has 2 aromatic carbocycles. The molecule has 0 spiro atoms. The molecule has 0 atom stereocenters. The summed E-state index contributed by atoms with van der Waals surface area (Å²) in [6.07, 6.45) is 1.49. The van der Waals surface area contributed by atoms with E-state index < -0.39 is 5.97 Å². The molecule has 3 rings (SSSR count). The molecular weight excluding hydrogens is 378 g/mol. The first-order valence-corrected chi connectivity index (χ1v) is 8.83. The van der Waals surface area contributed by atoms with Crippen LogP contribution < -0.4 is 10.6 Å². The number of hydrogen-bond acceptors (Lipinski definition) is 5. The molecule has 0 saturated heterocycles. The smallest absolute Gasteiger partial charge is 0.337 e. The van der Waals surface area contributed by atoms with Crippen molar-refractivity contribution in [3.8, 4) is 0 Å². The SMILES string of the molecule is COC(=O)c1ccc(NC(=O)c2ccc(Nc3cc(Cl)ccc3C)nc2)cc1. The third-order valence-corrected chi connectivity index (χ3v) is 4.29. The summed E-state index contributed by atoms with van der Waals surface area (Å²) in [4.78, 5) is 28.1. The third kappa shape index (κ3) is 4.66. The summed E-state index contributed by atoms with van der Waals surface area (Å²) in [5.41, 5.74) is 3.26. The number of anilines is 3. The second-order valence-corrected chi connectivity index (χ2v) is 6.48. The minimum atomic E-state index is -0.430. The van der Waals surface area contributed by atoms with Crippen LogP contribution in [0.1, 0.15) is 26.3 Å². The number of methoxy groups -OCH3 is 1. The van der Waals surface area contributed by atoms with E-state index in [-0.39, 0.29) is 5.91 Å². The van der Waals surface area contributed by atoms with E-state index in [9.17, 15) is 9.59 Å². The van der Waals surface area contributed by atoms with Crippen molar-refractivity contribution in [1.29, 1.82) is 0 Å². The molecule has 1 heterocycles. The van der Waals surface area contributed by atoms with Crippen LogP contribution in [-0.2, 0) is 4.74 Å². The Labute approximate surface area is 167 Å². The molecule has 28 heavy (non-hydrogen) atoms. The van der Waals surface area contributed by atoms with Gasteiger partial charge in [0.15, 0.2) is 0 Å². The van der Waals surface area contributed by atoms with Gasteiger partial charge in [-0.2, -0.15) is 0 Å². The molecular formula is C21H18ClN3O3. The number of nitrogens with one attached hydrogen (secondary N) is 2. The highest BCUT2D eigenvalue weighted by molar-refractivity contribution is 6.30. The average molecular weight is 396 g/mol. The van der Waals surface area contributed by atoms with Crippen LogP contribution in [0.25, 0.3) is 0 Å². The number of carbonyl (C=O) groups is 2. The number of ether oxygens (including phenoxy) is 1. The molecule has 0 aliphatic rings. The van der Waals surface area contributed by atoms with Gasteiger partial charge in [0.25, 0.3) is 5.91 Å². The molecule has 0 saturated carbocycles. The highest BCUT2D eigenvalue weighted by atomic mass is 35.5. The molecule has 3 aromatic rings. The van der Waals surface area contributed by atoms with Gasteiger partial charge in [0.2, 0.25) is 0 Å². The normalized spacial score (nSPS) is 10.2. The van der Waals surface area contributed by atoms with Gasteiger partial charge in [0.05, 0.1) is 18.2 Å². The molecule has 7 heteroatoms. The number of esters is 1. The lowest BCUT2D eigenvalue weighted by Gasteiger charge is -2.10. The van der Waals surface area contributed by atoms with E-state index in [1.807, 2.05) is 25.1 Å². The van der Waals surface area contributed by atoms with Gasteiger partial charge in [-0.15, -0.1) is 0 Å². The van der Waals surface area contributed by atoms with Crippen LogP contribution in [0.5, 0.6) is 0 Å². The molecule has 2 N–H and O–H groups in total. The minimum absolute atomic E-state index is 0.302. The van der Waals surface area contributed by atoms with Crippen molar-refractivity contribution >= 4 is 40.7 Å². The van der Waals surface area contributed by atoms with E-state index in [1.54, 1.807) is 36.4 Å². The van der Waals surface area contributed by atoms with Gasteiger partial charge < -0.3 is 15.4 Å². The van der Waals surface area contributed by atoms with Gasteiger partial charge in [0.1, 0.15) is 5.82 Å². The summed E-state index contributed by atoms with van der Waals surface area (Å²) < 4.78 is 4.65.